The Morgan fingerprint density at radius 2 is 1.62 bits per heavy atom. The standard InChI is InChI=1S/C27H28ClFN2O2S/c1-19(2)30-27(33)25(16-20-8-4-3-5-9-20)31(17-21-10-6-7-11-24(21)29)26(32)18-34-23-14-12-22(28)13-15-23/h3-15,19,25H,16-18H2,1-2H3,(H,30,33)/t25-/m0/s1. The Bertz CT molecular complexity index is 1090. The van der Waals surface area contributed by atoms with Crippen molar-refractivity contribution in [2.75, 3.05) is 5.75 Å². The van der Waals surface area contributed by atoms with Gasteiger partial charge in [0.25, 0.3) is 0 Å². The molecule has 0 radical (unpaired) electrons. The van der Waals surface area contributed by atoms with Crippen LogP contribution in [-0.4, -0.2) is 34.6 Å². The van der Waals surface area contributed by atoms with Crippen LogP contribution in [0.2, 0.25) is 5.02 Å². The highest BCUT2D eigenvalue weighted by Gasteiger charge is 2.31. The molecule has 0 saturated heterocycles. The second-order valence-corrected chi connectivity index (χ2v) is 9.71. The summed E-state index contributed by atoms with van der Waals surface area (Å²) in [4.78, 5) is 29.1. The third-order valence-corrected chi connectivity index (χ3v) is 6.43. The highest BCUT2D eigenvalue weighted by Crippen LogP contribution is 2.23. The third-order valence-electron chi connectivity index (χ3n) is 5.18. The minimum Gasteiger partial charge on any atom is -0.352 e. The third kappa shape index (κ3) is 7.61. The van der Waals surface area contributed by atoms with Gasteiger partial charge in [0.05, 0.1) is 5.75 Å². The van der Waals surface area contributed by atoms with Gasteiger partial charge in [0.1, 0.15) is 11.9 Å². The lowest BCUT2D eigenvalue weighted by Gasteiger charge is -2.32. The van der Waals surface area contributed by atoms with Gasteiger partial charge < -0.3 is 10.2 Å². The van der Waals surface area contributed by atoms with Gasteiger partial charge in [-0.3, -0.25) is 9.59 Å². The summed E-state index contributed by atoms with van der Waals surface area (Å²) in [5, 5.41) is 3.55. The van der Waals surface area contributed by atoms with Gasteiger partial charge in [-0.15, -0.1) is 11.8 Å². The molecule has 0 heterocycles. The molecule has 34 heavy (non-hydrogen) atoms. The topological polar surface area (TPSA) is 49.4 Å². The average Bonchev–Trinajstić information content (AvgIpc) is 2.82. The summed E-state index contributed by atoms with van der Waals surface area (Å²) in [5.74, 6) is -0.812. The summed E-state index contributed by atoms with van der Waals surface area (Å²) in [7, 11) is 0. The second-order valence-electron chi connectivity index (χ2n) is 8.22. The maximum absolute atomic E-state index is 14.5. The molecule has 0 saturated carbocycles. The highest BCUT2D eigenvalue weighted by atomic mass is 35.5. The quantitative estimate of drug-likeness (QED) is 0.363. The van der Waals surface area contributed by atoms with E-state index in [-0.39, 0.29) is 30.2 Å². The molecule has 3 rings (SSSR count). The van der Waals surface area contributed by atoms with Crippen LogP contribution in [0, 0.1) is 5.82 Å². The van der Waals surface area contributed by atoms with E-state index in [1.807, 2.05) is 56.3 Å². The predicted octanol–water partition coefficient (Wildman–Crippen LogP) is 5.74. The molecule has 0 bridgehead atoms. The van der Waals surface area contributed by atoms with Crippen LogP contribution < -0.4 is 5.32 Å². The zero-order chi connectivity index (χ0) is 24.5. The van der Waals surface area contributed by atoms with Gasteiger partial charge in [0, 0.05) is 34.5 Å². The Morgan fingerprint density at radius 3 is 2.26 bits per heavy atom. The molecule has 3 aromatic carbocycles. The van der Waals surface area contributed by atoms with Crippen LogP contribution in [0.25, 0.3) is 0 Å². The molecule has 0 aliphatic heterocycles. The molecular formula is C27H28ClFN2O2S. The van der Waals surface area contributed by atoms with E-state index in [1.165, 1.54) is 22.7 Å². The minimum atomic E-state index is -0.789. The average molecular weight is 499 g/mol. The normalized spacial score (nSPS) is 11.8. The first-order valence-corrected chi connectivity index (χ1v) is 12.5. The van der Waals surface area contributed by atoms with Crippen molar-refractivity contribution in [2.45, 2.75) is 43.8 Å². The Labute approximate surface area is 209 Å². The Kier molecular flexibility index (Phi) is 9.54. The van der Waals surface area contributed by atoms with Gasteiger partial charge in [0.2, 0.25) is 11.8 Å². The number of nitrogens with one attached hydrogen (secondary N) is 1. The molecular weight excluding hydrogens is 471 g/mol. The SMILES string of the molecule is CC(C)NC(=O)[C@H](Cc1ccccc1)N(Cc1ccccc1F)C(=O)CSc1ccc(Cl)cc1. The molecule has 4 nitrogen and oxygen atoms in total. The summed E-state index contributed by atoms with van der Waals surface area (Å²) < 4.78 is 14.5. The first-order chi connectivity index (χ1) is 16.3. The van der Waals surface area contributed by atoms with Crippen LogP contribution >= 0.6 is 23.4 Å². The molecule has 178 valence electrons. The zero-order valence-electron chi connectivity index (χ0n) is 19.2. The Hall–Kier alpha value is -2.83. The number of halogens is 2. The second kappa shape index (κ2) is 12.6. The first-order valence-electron chi connectivity index (χ1n) is 11.1. The van der Waals surface area contributed by atoms with Crippen LogP contribution in [0.1, 0.15) is 25.0 Å². The van der Waals surface area contributed by atoms with Crippen molar-refractivity contribution in [3.8, 4) is 0 Å². The summed E-state index contributed by atoms with van der Waals surface area (Å²) in [5.41, 5.74) is 1.28. The van der Waals surface area contributed by atoms with E-state index in [0.29, 0.717) is 17.0 Å². The largest absolute Gasteiger partial charge is 0.352 e. The molecule has 1 N–H and O–H groups in total. The van der Waals surface area contributed by atoms with Crippen molar-refractivity contribution in [1.82, 2.24) is 10.2 Å². The summed E-state index contributed by atoms with van der Waals surface area (Å²) in [6, 6.07) is 22.2. The molecule has 0 unspecified atom stereocenters. The van der Waals surface area contributed by atoms with Crippen LogP contribution in [0.4, 0.5) is 4.39 Å². The number of hydrogen-bond donors (Lipinski definition) is 1. The van der Waals surface area contributed by atoms with E-state index < -0.39 is 11.9 Å². The smallest absolute Gasteiger partial charge is 0.243 e. The van der Waals surface area contributed by atoms with Crippen LogP contribution in [0.15, 0.2) is 83.8 Å². The molecule has 2 amide bonds. The lowest BCUT2D eigenvalue weighted by molar-refractivity contribution is -0.139. The van der Waals surface area contributed by atoms with Gasteiger partial charge in [-0.1, -0.05) is 60.1 Å². The van der Waals surface area contributed by atoms with Crippen LogP contribution in [0.3, 0.4) is 0 Å². The lowest BCUT2D eigenvalue weighted by Crippen LogP contribution is -2.52. The Balaban J connectivity index is 1.91. The number of carbonyl (C=O) groups excluding carboxylic acids is 2. The van der Waals surface area contributed by atoms with Gasteiger partial charge in [-0.25, -0.2) is 4.39 Å². The molecule has 7 heteroatoms. The molecule has 0 aliphatic carbocycles. The van der Waals surface area contributed by atoms with E-state index in [2.05, 4.69) is 5.32 Å². The number of rotatable bonds is 10. The van der Waals surface area contributed by atoms with E-state index in [0.717, 1.165) is 10.5 Å². The molecule has 1 atom stereocenters. The van der Waals surface area contributed by atoms with Gasteiger partial charge in [0.15, 0.2) is 0 Å². The lowest BCUT2D eigenvalue weighted by atomic mass is 10.0. The maximum atomic E-state index is 14.5. The van der Waals surface area contributed by atoms with Crippen LogP contribution in [0.5, 0.6) is 0 Å². The number of nitrogens with zero attached hydrogens (tertiary/aromatic N) is 1. The van der Waals surface area contributed by atoms with Crippen molar-refractivity contribution in [1.29, 1.82) is 0 Å². The monoisotopic (exact) mass is 498 g/mol. The number of benzene rings is 3. The van der Waals surface area contributed by atoms with Crippen LogP contribution in [-0.2, 0) is 22.6 Å². The van der Waals surface area contributed by atoms with Gasteiger partial charge in [-0.2, -0.15) is 0 Å². The number of carbonyl (C=O) groups is 2. The molecule has 0 aromatic heterocycles. The number of amides is 2. The maximum Gasteiger partial charge on any atom is 0.243 e. The molecule has 0 aliphatic rings. The fourth-order valence-corrected chi connectivity index (χ4v) is 4.41. The molecule has 0 fully saturated rings. The highest BCUT2D eigenvalue weighted by molar-refractivity contribution is 8.00. The fourth-order valence-electron chi connectivity index (χ4n) is 3.50. The van der Waals surface area contributed by atoms with Gasteiger partial charge in [-0.05, 0) is 49.7 Å². The van der Waals surface area contributed by atoms with Crippen molar-refractivity contribution in [2.24, 2.45) is 0 Å². The fraction of sp³-hybridized carbons (Fsp3) is 0.259. The van der Waals surface area contributed by atoms with E-state index in [1.54, 1.807) is 30.3 Å². The molecule has 3 aromatic rings. The summed E-state index contributed by atoms with van der Waals surface area (Å²) >= 11 is 7.31. The zero-order valence-corrected chi connectivity index (χ0v) is 20.8. The number of thioether (sulfide) groups is 1. The van der Waals surface area contributed by atoms with Crippen molar-refractivity contribution in [3.05, 3.63) is 101 Å². The van der Waals surface area contributed by atoms with E-state index in [9.17, 15) is 14.0 Å². The van der Waals surface area contributed by atoms with Crippen molar-refractivity contribution >= 4 is 35.2 Å². The summed E-state index contributed by atoms with van der Waals surface area (Å²) in [6.45, 7) is 3.74. The van der Waals surface area contributed by atoms with E-state index in [4.69, 9.17) is 11.6 Å². The number of hydrogen-bond acceptors (Lipinski definition) is 3. The van der Waals surface area contributed by atoms with Crippen molar-refractivity contribution < 1.29 is 14.0 Å². The molecule has 0 spiro atoms. The van der Waals surface area contributed by atoms with Crippen molar-refractivity contribution in [3.63, 3.8) is 0 Å². The minimum absolute atomic E-state index is 0.00427. The summed E-state index contributed by atoms with van der Waals surface area (Å²) in [6.07, 6.45) is 0.325. The predicted molar refractivity (Wildman–Crippen MR) is 136 cm³/mol. The first kappa shape index (κ1) is 25.8. The van der Waals surface area contributed by atoms with E-state index >= 15 is 0 Å². The van der Waals surface area contributed by atoms with Gasteiger partial charge >= 0.3 is 0 Å². The Morgan fingerprint density at radius 1 is 0.971 bits per heavy atom.